The molecule has 0 amide bonds. The third kappa shape index (κ3) is 29.9. The van der Waals surface area contributed by atoms with Gasteiger partial charge in [0, 0.05) is 0 Å². The van der Waals surface area contributed by atoms with Crippen molar-refractivity contribution in [1.29, 1.82) is 0 Å². The number of carbonyl (C=O) groups is 1. The summed E-state index contributed by atoms with van der Waals surface area (Å²) in [7, 11) is 5.02. The number of rotatable bonds is 2. The molecule has 0 rings (SSSR count). The van der Waals surface area contributed by atoms with Crippen molar-refractivity contribution in [3.8, 4) is 0 Å². The molecule has 0 bridgehead atoms. The van der Waals surface area contributed by atoms with E-state index < -0.39 is 22.2 Å². The van der Waals surface area contributed by atoms with Gasteiger partial charge in [0.2, 0.25) is 0 Å². The monoisotopic (exact) mass is 299 g/mol. The number of aliphatic carboxylic acids is 1. The predicted octanol–water partition coefficient (Wildman–Crippen LogP) is -0.238. The fourth-order valence-electron chi connectivity index (χ4n) is 0.176. The van der Waals surface area contributed by atoms with Gasteiger partial charge in [-0.1, -0.05) is 0 Å². The van der Waals surface area contributed by atoms with Crippen molar-refractivity contribution >= 4 is 66.2 Å². The molecule has 0 aliphatic carbocycles. The van der Waals surface area contributed by atoms with Crippen LogP contribution in [0.3, 0.4) is 0 Å². The molecule has 0 saturated heterocycles. The van der Waals surface area contributed by atoms with Crippen molar-refractivity contribution in [3.05, 3.63) is 0 Å². The summed E-state index contributed by atoms with van der Waals surface area (Å²) in [5, 5.41) is 7.76. The fourth-order valence-corrected chi connectivity index (χ4v) is 0.529. The Morgan fingerprint density at radius 3 is 1.67 bits per heavy atom. The van der Waals surface area contributed by atoms with Crippen molar-refractivity contribution < 1.29 is 36.3 Å². The van der Waals surface area contributed by atoms with E-state index in [1.54, 1.807) is 0 Å². The summed E-state index contributed by atoms with van der Waals surface area (Å²) in [5.74, 6) is -2.58. The topological polar surface area (TPSA) is 94.8 Å². The van der Waals surface area contributed by atoms with Crippen LogP contribution in [0.2, 0.25) is 0 Å². The molecule has 77 valence electrons. The molecule has 0 atom stereocenters. The van der Waals surface area contributed by atoms with E-state index in [0.717, 1.165) is 13.1 Å². The normalized spacial score (nSPS) is 10.7. The number of thiol groups is 1. The van der Waals surface area contributed by atoms with Gasteiger partial charge in [0.15, 0.2) is 0 Å². The zero-order valence-electron chi connectivity index (χ0n) is 4.87. The van der Waals surface area contributed by atoms with Gasteiger partial charge in [0.1, 0.15) is 5.75 Å². The summed E-state index contributed by atoms with van der Waals surface area (Å²) < 4.78 is 25.6. The van der Waals surface area contributed by atoms with E-state index in [2.05, 4.69) is 20.2 Å². The van der Waals surface area contributed by atoms with Crippen molar-refractivity contribution in [2.45, 2.75) is 0 Å². The van der Waals surface area contributed by atoms with E-state index in [1.165, 1.54) is 0 Å². The summed E-state index contributed by atoms with van der Waals surface area (Å²) in [5.41, 5.74) is 0. The predicted molar refractivity (Wildman–Crippen MR) is 46.2 cm³/mol. The van der Waals surface area contributed by atoms with Gasteiger partial charge in [-0.15, -0.1) is 0 Å². The molecule has 3 N–H and O–H groups in total. The number of carboxylic acid groups (broad SMARTS) is 1. The maximum atomic E-state index is 9.76. The summed E-state index contributed by atoms with van der Waals surface area (Å²) in [6.07, 6.45) is 0. The van der Waals surface area contributed by atoms with Crippen LogP contribution >= 0.6 is 20.2 Å². The van der Waals surface area contributed by atoms with Gasteiger partial charge in [-0.3, -0.25) is 4.79 Å². The first-order valence-electron chi connectivity index (χ1n) is 1.91. The first kappa shape index (κ1) is 19.2. The Morgan fingerprint density at radius 1 is 1.42 bits per heavy atom. The summed E-state index contributed by atoms with van der Waals surface area (Å²) >= 11 is 0.757. The molecule has 0 saturated carbocycles. The zero-order valence-corrected chi connectivity index (χ0v) is 8.22. The van der Waals surface area contributed by atoms with Crippen molar-refractivity contribution in [2.24, 2.45) is 0 Å². The van der Waals surface area contributed by atoms with Gasteiger partial charge in [-0.25, -0.2) is 4.21 Å². The minimum absolute atomic E-state index is 0. The summed E-state index contributed by atoms with van der Waals surface area (Å²) in [6, 6.07) is 0. The second kappa shape index (κ2) is 10.7. The molecule has 0 radical (unpaired) electrons. The van der Waals surface area contributed by atoms with E-state index in [-0.39, 0.29) is 29.6 Å². The molecule has 0 fully saturated rings. The first-order chi connectivity index (χ1) is 4.83. The Kier molecular flexibility index (Phi) is 17.2. The molecule has 0 aromatic rings. The van der Waals surface area contributed by atoms with Crippen molar-refractivity contribution in [3.63, 3.8) is 0 Å². The Labute approximate surface area is 107 Å². The third-order valence-corrected chi connectivity index (χ3v) is 1.02. The minimum atomic E-state index is -4.32. The zero-order chi connectivity index (χ0) is 9.49. The number of halogens is 2. The van der Waals surface area contributed by atoms with Crippen LogP contribution in [0.25, 0.3) is 0 Å². The standard InChI is InChI=1S/C2H6O5S.2ClH.Cu.Na.H/c3-2(4)1-8(5,6)7;;;;;/h8H,1H2,(H,3,4)(H2,5,6,7);2*1H;;;/q;;;+2;;/p-2. The molecule has 0 unspecified atom stereocenters. The Bertz CT molecular complexity index is 162. The average molecular weight is 301 g/mol. The van der Waals surface area contributed by atoms with Gasteiger partial charge in [-0.2, -0.15) is 0 Å². The molecule has 0 aromatic carbocycles. The van der Waals surface area contributed by atoms with E-state index >= 15 is 0 Å². The molecule has 10 heteroatoms. The summed E-state index contributed by atoms with van der Waals surface area (Å²) in [6.45, 7) is 0. The van der Waals surface area contributed by atoms with Crippen molar-refractivity contribution in [1.82, 2.24) is 0 Å². The molecule has 5 nitrogen and oxygen atoms in total. The van der Waals surface area contributed by atoms with Crippen LogP contribution in [0.5, 0.6) is 0 Å². The van der Waals surface area contributed by atoms with E-state index in [9.17, 15) is 9.00 Å². The van der Waals surface area contributed by atoms with Crippen LogP contribution in [0.15, 0.2) is 0 Å². The van der Waals surface area contributed by atoms with E-state index in [1.807, 2.05) is 0 Å². The molecule has 0 aliphatic heterocycles. The van der Waals surface area contributed by atoms with Crippen molar-refractivity contribution in [2.75, 3.05) is 5.75 Å². The molecular formula is C2H7Cl2CuNaO5S. The Hall–Kier alpha value is 1.64. The quantitative estimate of drug-likeness (QED) is 0.417. The maximum absolute atomic E-state index is 9.76. The fraction of sp³-hybridized carbons (Fsp3) is 0.500. The van der Waals surface area contributed by atoms with Crippen LogP contribution < -0.4 is 0 Å². The number of hydrogen-bond donors (Lipinski definition) is 4. The molecule has 0 aromatic heterocycles. The van der Waals surface area contributed by atoms with Gasteiger partial charge >= 0.3 is 68.9 Å². The SMILES string of the molecule is O=C(O)C[SH](=O)(O)O.[Cl][Cu][Cl].[NaH]. The molecular weight excluding hydrogens is 294 g/mol. The van der Waals surface area contributed by atoms with Crippen LogP contribution in [-0.2, 0) is 28.4 Å². The second-order valence-corrected chi connectivity index (χ2v) is 4.46. The third-order valence-electron chi connectivity index (χ3n) is 0.341. The van der Waals surface area contributed by atoms with Crippen LogP contribution in [0.1, 0.15) is 0 Å². The van der Waals surface area contributed by atoms with Gasteiger partial charge in [-0.05, 0) is 0 Å². The van der Waals surface area contributed by atoms with E-state index in [4.69, 9.17) is 14.2 Å². The van der Waals surface area contributed by atoms with Crippen LogP contribution in [0.4, 0.5) is 0 Å². The van der Waals surface area contributed by atoms with Gasteiger partial charge < -0.3 is 14.2 Å². The Balaban J connectivity index is -0.000000177. The molecule has 0 aliphatic rings. The molecule has 12 heavy (non-hydrogen) atoms. The van der Waals surface area contributed by atoms with Gasteiger partial charge in [0.25, 0.3) is 0 Å². The first-order valence-corrected chi connectivity index (χ1v) is 6.30. The van der Waals surface area contributed by atoms with E-state index in [0.29, 0.717) is 0 Å². The molecule has 0 spiro atoms. The van der Waals surface area contributed by atoms with Gasteiger partial charge in [0.05, 0.1) is 10.5 Å². The number of carboxylic acids is 1. The summed E-state index contributed by atoms with van der Waals surface area (Å²) in [4.78, 5) is 9.52. The van der Waals surface area contributed by atoms with Crippen LogP contribution in [-0.4, -0.2) is 59.7 Å². The molecule has 0 heterocycles. The average Bonchev–Trinajstić information content (AvgIpc) is 1.57. The Morgan fingerprint density at radius 2 is 1.67 bits per heavy atom. The van der Waals surface area contributed by atoms with Crippen LogP contribution in [0, 0.1) is 0 Å². The second-order valence-electron chi connectivity index (χ2n) is 1.26. The number of hydrogen-bond acceptors (Lipinski definition) is 2.